The van der Waals surface area contributed by atoms with Crippen molar-refractivity contribution in [2.24, 2.45) is 0 Å². The van der Waals surface area contributed by atoms with Gasteiger partial charge in [0.15, 0.2) is 17.3 Å². The molecule has 3 rings (SSSR count). The van der Waals surface area contributed by atoms with Crippen LogP contribution in [0.25, 0.3) is 22.4 Å². The minimum absolute atomic E-state index is 0.0596. The van der Waals surface area contributed by atoms with E-state index in [2.05, 4.69) is 9.97 Å². The number of aromatic hydroxyl groups is 2. The Morgan fingerprint density at radius 1 is 1.14 bits per heavy atom. The number of benzene rings is 2. The molecule has 3 N–H and O–H groups in total. The first-order chi connectivity index (χ1) is 10.4. The van der Waals surface area contributed by atoms with Gasteiger partial charge in [0.25, 0.3) is 0 Å². The molecule has 0 bridgehead atoms. The topological polar surface area (TPSA) is 78.4 Å². The van der Waals surface area contributed by atoms with E-state index in [-0.39, 0.29) is 17.1 Å². The van der Waals surface area contributed by atoms with Crippen LogP contribution in [0.2, 0.25) is 10.0 Å². The molecule has 0 unspecified atom stereocenters. The first kappa shape index (κ1) is 14.7. The lowest BCUT2D eigenvalue weighted by Crippen LogP contribution is -1.92. The molecule has 8 heteroatoms. The number of fused-ring (bicyclic) bond motifs is 1. The summed E-state index contributed by atoms with van der Waals surface area (Å²) < 4.78 is 19.1. The maximum absolute atomic E-state index is 14.2. The Morgan fingerprint density at radius 3 is 2.50 bits per heavy atom. The van der Waals surface area contributed by atoms with E-state index in [9.17, 15) is 14.6 Å². The highest BCUT2D eigenvalue weighted by Crippen LogP contribution is 2.42. The number of phenols is 2. The number of imidazole rings is 1. The van der Waals surface area contributed by atoms with Crippen LogP contribution in [0.3, 0.4) is 0 Å². The summed E-state index contributed by atoms with van der Waals surface area (Å²) in [5.41, 5.74) is 0.973. The standard InChI is InChI=1S/C14H9Cl2FN2O3/c1-22-10-2-5(11(17)13(21)12(10)20)14-18-8-3-6(15)7(16)4-9(8)19-14/h2-4,20-21H,1H3,(H,18,19). The number of aromatic nitrogens is 2. The Labute approximate surface area is 133 Å². The molecule has 0 radical (unpaired) electrons. The van der Waals surface area contributed by atoms with Crippen molar-refractivity contribution in [2.45, 2.75) is 0 Å². The Bertz CT molecular complexity index is 857. The molecule has 22 heavy (non-hydrogen) atoms. The van der Waals surface area contributed by atoms with Crippen LogP contribution >= 0.6 is 23.2 Å². The lowest BCUT2D eigenvalue weighted by Gasteiger charge is -2.08. The van der Waals surface area contributed by atoms with Crippen LogP contribution in [0.5, 0.6) is 17.2 Å². The van der Waals surface area contributed by atoms with Gasteiger partial charge in [-0.25, -0.2) is 9.37 Å². The summed E-state index contributed by atoms with van der Waals surface area (Å²) in [6.07, 6.45) is 0. The number of H-pyrrole nitrogens is 1. The maximum atomic E-state index is 14.2. The zero-order valence-electron chi connectivity index (χ0n) is 11.1. The van der Waals surface area contributed by atoms with Crippen molar-refractivity contribution < 1.29 is 19.3 Å². The van der Waals surface area contributed by atoms with E-state index in [1.165, 1.54) is 19.2 Å². The van der Waals surface area contributed by atoms with Crippen LogP contribution in [-0.2, 0) is 0 Å². The minimum Gasteiger partial charge on any atom is -0.502 e. The van der Waals surface area contributed by atoms with Crippen molar-refractivity contribution in [3.8, 4) is 28.6 Å². The van der Waals surface area contributed by atoms with Crippen LogP contribution < -0.4 is 4.74 Å². The Morgan fingerprint density at radius 2 is 1.82 bits per heavy atom. The predicted octanol–water partition coefficient (Wildman–Crippen LogP) is 4.10. The number of rotatable bonds is 2. The van der Waals surface area contributed by atoms with Crippen molar-refractivity contribution in [2.75, 3.05) is 7.11 Å². The van der Waals surface area contributed by atoms with Gasteiger partial charge in [-0.1, -0.05) is 23.2 Å². The SMILES string of the molecule is COc1cc(-c2nc3cc(Cl)c(Cl)cc3[nH]2)c(F)c(O)c1O. The lowest BCUT2D eigenvalue weighted by atomic mass is 10.1. The summed E-state index contributed by atoms with van der Waals surface area (Å²) >= 11 is 11.8. The van der Waals surface area contributed by atoms with E-state index in [0.29, 0.717) is 21.1 Å². The number of aromatic amines is 1. The van der Waals surface area contributed by atoms with E-state index in [1.807, 2.05) is 0 Å². The average molecular weight is 343 g/mol. The van der Waals surface area contributed by atoms with Crippen LogP contribution in [0, 0.1) is 5.82 Å². The van der Waals surface area contributed by atoms with Gasteiger partial charge in [0, 0.05) is 0 Å². The van der Waals surface area contributed by atoms with Crippen molar-refractivity contribution in [3.63, 3.8) is 0 Å². The molecule has 0 aliphatic rings. The molecule has 2 aromatic carbocycles. The minimum atomic E-state index is -1.02. The molecule has 0 saturated carbocycles. The highest BCUT2D eigenvalue weighted by atomic mass is 35.5. The molecule has 1 aromatic heterocycles. The first-order valence-electron chi connectivity index (χ1n) is 6.06. The van der Waals surface area contributed by atoms with Crippen LogP contribution in [0.15, 0.2) is 18.2 Å². The normalized spacial score (nSPS) is 11.1. The van der Waals surface area contributed by atoms with Gasteiger partial charge in [-0.2, -0.15) is 0 Å². The molecule has 0 aliphatic heterocycles. The Kier molecular flexibility index (Phi) is 3.50. The first-order valence-corrected chi connectivity index (χ1v) is 6.81. The molecule has 0 amide bonds. The van der Waals surface area contributed by atoms with Crippen LogP contribution in [-0.4, -0.2) is 27.3 Å². The molecule has 1 heterocycles. The van der Waals surface area contributed by atoms with E-state index in [0.717, 1.165) is 0 Å². The van der Waals surface area contributed by atoms with E-state index < -0.39 is 17.3 Å². The molecule has 0 spiro atoms. The second kappa shape index (κ2) is 5.23. The largest absolute Gasteiger partial charge is 0.502 e. The zero-order valence-corrected chi connectivity index (χ0v) is 12.6. The second-order valence-corrected chi connectivity index (χ2v) is 5.32. The highest BCUT2D eigenvalue weighted by molar-refractivity contribution is 6.42. The molecular weight excluding hydrogens is 334 g/mol. The molecule has 3 aromatic rings. The van der Waals surface area contributed by atoms with Crippen molar-refractivity contribution in [1.29, 1.82) is 0 Å². The van der Waals surface area contributed by atoms with Gasteiger partial charge >= 0.3 is 0 Å². The third-order valence-electron chi connectivity index (χ3n) is 3.18. The summed E-state index contributed by atoms with van der Waals surface area (Å²) in [5, 5.41) is 19.9. The maximum Gasteiger partial charge on any atom is 0.203 e. The molecule has 0 saturated heterocycles. The van der Waals surface area contributed by atoms with E-state index in [4.69, 9.17) is 27.9 Å². The quantitative estimate of drug-likeness (QED) is 0.612. The fourth-order valence-electron chi connectivity index (χ4n) is 2.07. The van der Waals surface area contributed by atoms with Crippen LogP contribution in [0.1, 0.15) is 0 Å². The number of nitrogens with one attached hydrogen (secondary N) is 1. The summed E-state index contributed by atoms with van der Waals surface area (Å²) in [7, 11) is 1.29. The average Bonchev–Trinajstić information content (AvgIpc) is 2.88. The van der Waals surface area contributed by atoms with Crippen LogP contribution in [0.4, 0.5) is 4.39 Å². The molecular formula is C14H9Cl2FN2O3. The summed E-state index contributed by atoms with van der Waals surface area (Å²) in [6.45, 7) is 0. The number of methoxy groups -OCH3 is 1. The monoisotopic (exact) mass is 342 g/mol. The van der Waals surface area contributed by atoms with Gasteiger partial charge in [0.1, 0.15) is 5.82 Å². The van der Waals surface area contributed by atoms with Gasteiger partial charge < -0.3 is 19.9 Å². The number of hydrogen-bond acceptors (Lipinski definition) is 4. The third kappa shape index (κ3) is 2.20. The third-order valence-corrected chi connectivity index (χ3v) is 3.90. The number of ether oxygens (including phenoxy) is 1. The number of nitrogens with zero attached hydrogens (tertiary/aromatic N) is 1. The Balaban J connectivity index is 2.25. The summed E-state index contributed by atoms with van der Waals surface area (Å²) in [6, 6.07) is 4.32. The fourth-order valence-corrected chi connectivity index (χ4v) is 2.39. The highest BCUT2D eigenvalue weighted by Gasteiger charge is 2.21. The molecule has 5 nitrogen and oxygen atoms in total. The number of hydrogen-bond donors (Lipinski definition) is 3. The summed E-state index contributed by atoms with van der Waals surface area (Å²) in [5.74, 6) is -2.55. The van der Waals surface area contributed by atoms with Gasteiger partial charge in [-0.3, -0.25) is 0 Å². The molecule has 0 atom stereocenters. The van der Waals surface area contributed by atoms with Gasteiger partial charge in [0.2, 0.25) is 5.75 Å². The summed E-state index contributed by atoms with van der Waals surface area (Å²) in [4.78, 5) is 7.08. The Hall–Kier alpha value is -2.18. The molecule has 0 fully saturated rings. The van der Waals surface area contributed by atoms with Crippen molar-refractivity contribution in [1.82, 2.24) is 9.97 Å². The van der Waals surface area contributed by atoms with Crippen molar-refractivity contribution >= 4 is 34.2 Å². The smallest absolute Gasteiger partial charge is 0.203 e. The lowest BCUT2D eigenvalue weighted by molar-refractivity contribution is 0.340. The number of phenolic OH excluding ortho intramolecular Hbond substituents is 2. The van der Waals surface area contributed by atoms with Gasteiger partial charge in [-0.05, 0) is 18.2 Å². The fraction of sp³-hybridized carbons (Fsp3) is 0.0714. The van der Waals surface area contributed by atoms with Gasteiger partial charge in [0.05, 0.1) is 33.8 Å². The predicted molar refractivity (Wildman–Crippen MR) is 81.4 cm³/mol. The second-order valence-electron chi connectivity index (χ2n) is 4.51. The molecule has 0 aliphatic carbocycles. The zero-order chi connectivity index (χ0) is 16.0. The number of halogens is 3. The van der Waals surface area contributed by atoms with Crippen molar-refractivity contribution in [3.05, 3.63) is 34.1 Å². The van der Waals surface area contributed by atoms with E-state index in [1.54, 1.807) is 6.07 Å². The van der Waals surface area contributed by atoms with E-state index >= 15 is 0 Å². The van der Waals surface area contributed by atoms with Gasteiger partial charge in [-0.15, -0.1) is 0 Å². The molecule has 114 valence electrons.